The molecular weight excluding hydrogens is 246 g/mol. The molecule has 20 heavy (non-hydrogen) atoms. The van der Waals surface area contributed by atoms with Crippen molar-refractivity contribution in [3.8, 4) is 0 Å². The monoisotopic (exact) mass is 273 g/mol. The molecule has 0 radical (unpaired) electrons. The molecule has 2 unspecified atom stereocenters. The second-order valence-electron chi connectivity index (χ2n) is 6.26. The van der Waals surface area contributed by atoms with Crippen molar-refractivity contribution >= 4 is 0 Å². The Morgan fingerprint density at radius 1 is 1.05 bits per heavy atom. The van der Waals surface area contributed by atoms with Crippen molar-refractivity contribution < 1.29 is 0 Å². The van der Waals surface area contributed by atoms with Gasteiger partial charge in [0.2, 0.25) is 0 Å². The van der Waals surface area contributed by atoms with Crippen molar-refractivity contribution in [2.75, 3.05) is 39.8 Å². The summed E-state index contributed by atoms with van der Waals surface area (Å²) in [6, 6.07) is 11.7. The van der Waals surface area contributed by atoms with Crippen LogP contribution in [0.25, 0.3) is 0 Å². The van der Waals surface area contributed by atoms with Gasteiger partial charge in [0.1, 0.15) is 0 Å². The van der Waals surface area contributed by atoms with E-state index in [0.29, 0.717) is 0 Å². The number of rotatable bonds is 5. The Kier molecular flexibility index (Phi) is 4.71. The lowest BCUT2D eigenvalue weighted by Crippen LogP contribution is -2.56. The number of benzene rings is 1. The van der Waals surface area contributed by atoms with Crippen LogP contribution < -0.4 is 5.32 Å². The molecule has 1 N–H and O–H groups in total. The minimum atomic E-state index is 0.848. The summed E-state index contributed by atoms with van der Waals surface area (Å²) in [7, 11) is 2.08. The fraction of sp³-hybridized carbons (Fsp3) is 0.647. The molecule has 1 saturated carbocycles. The number of piperazine rings is 1. The first kappa shape index (κ1) is 14.1. The lowest BCUT2D eigenvalue weighted by Gasteiger charge is -2.47. The number of nitrogens with zero attached hydrogens (tertiary/aromatic N) is 2. The smallest absolute Gasteiger partial charge is 0.0234 e. The zero-order chi connectivity index (χ0) is 13.8. The molecule has 2 atom stereocenters. The molecular formula is C17H27N3. The average molecular weight is 273 g/mol. The van der Waals surface area contributed by atoms with Gasteiger partial charge in [0, 0.05) is 38.8 Å². The van der Waals surface area contributed by atoms with Crippen molar-refractivity contribution in [1.82, 2.24) is 15.1 Å². The van der Waals surface area contributed by atoms with Gasteiger partial charge in [-0.3, -0.25) is 9.80 Å². The molecule has 3 heteroatoms. The third-order valence-corrected chi connectivity index (χ3v) is 4.97. The van der Waals surface area contributed by atoms with Crippen LogP contribution in [0.4, 0.5) is 0 Å². The average Bonchev–Trinajstić information content (AvgIpc) is 2.47. The molecule has 1 saturated heterocycles. The van der Waals surface area contributed by atoms with Crippen molar-refractivity contribution in [3.05, 3.63) is 35.9 Å². The molecule has 1 heterocycles. The summed E-state index contributed by atoms with van der Waals surface area (Å²) in [5, 5.41) is 3.34. The Hall–Kier alpha value is -0.900. The summed E-state index contributed by atoms with van der Waals surface area (Å²) >= 11 is 0. The van der Waals surface area contributed by atoms with E-state index in [2.05, 4.69) is 52.5 Å². The first-order valence-electron chi connectivity index (χ1n) is 8.02. The van der Waals surface area contributed by atoms with Gasteiger partial charge >= 0.3 is 0 Å². The molecule has 3 nitrogen and oxygen atoms in total. The van der Waals surface area contributed by atoms with Gasteiger partial charge in [0.05, 0.1) is 0 Å². The Morgan fingerprint density at radius 3 is 2.40 bits per heavy atom. The van der Waals surface area contributed by atoms with Crippen molar-refractivity contribution in [2.45, 2.75) is 25.4 Å². The van der Waals surface area contributed by atoms with Crippen LogP contribution in [0.5, 0.6) is 0 Å². The normalized spacial score (nSPS) is 28.2. The highest BCUT2D eigenvalue weighted by molar-refractivity contribution is 5.14. The van der Waals surface area contributed by atoms with E-state index in [-0.39, 0.29) is 0 Å². The largest absolute Gasteiger partial charge is 0.319 e. The molecule has 2 aliphatic rings. The van der Waals surface area contributed by atoms with E-state index in [0.717, 1.165) is 18.5 Å². The summed E-state index contributed by atoms with van der Waals surface area (Å²) in [6.07, 6.45) is 2.82. The van der Waals surface area contributed by atoms with E-state index in [9.17, 15) is 0 Å². The third kappa shape index (κ3) is 3.22. The van der Waals surface area contributed by atoms with Crippen LogP contribution in [0.15, 0.2) is 30.3 Å². The zero-order valence-corrected chi connectivity index (χ0v) is 12.6. The summed E-state index contributed by atoms with van der Waals surface area (Å²) in [5.74, 6) is 0.890. The van der Waals surface area contributed by atoms with Crippen LogP contribution >= 0.6 is 0 Å². The quantitative estimate of drug-likeness (QED) is 0.882. The number of hydrogen-bond donors (Lipinski definition) is 1. The summed E-state index contributed by atoms with van der Waals surface area (Å²) in [4.78, 5) is 5.32. The molecule has 0 spiro atoms. The Balaban J connectivity index is 1.45. The first-order chi connectivity index (χ1) is 9.86. The molecule has 0 aromatic heterocycles. The maximum atomic E-state index is 3.34. The standard InChI is InChI=1S/C17H27N3/c1-18-13-16-7-8-17(16)20-11-9-19(10-12-20)14-15-5-3-2-4-6-15/h2-6,16-18H,7-14H2,1H3. The van der Waals surface area contributed by atoms with Gasteiger partial charge in [-0.15, -0.1) is 0 Å². The molecule has 110 valence electrons. The van der Waals surface area contributed by atoms with Crippen molar-refractivity contribution in [2.24, 2.45) is 5.92 Å². The number of nitrogens with one attached hydrogen (secondary N) is 1. The lowest BCUT2D eigenvalue weighted by molar-refractivity contribution is 0.0197. The molecule has 3 rings (SSSR count). The van der Waals surface area contributed by atoms with Gasteiger partial charge in [0.25, 0.3) is 0 Å². The fourth-order valence-corrected chi connectivity index (χ4v) is 3.63. The zero-order valence-electron chi connectivity index (χ0n) is 12.6. The van der Waals surface area contributed by atoms with Crippen LogP contribution in [-0.4, -0.2) is 55.6 Å². The third-order valence-electron chi connectivity index (χ3n) is 4.97. The van der Waals surface area contributed by atoms with Crippen molar-refractivity contribution in [1.29, 1.82) is 0 Å². The maximum Gasteiger partial charge on any atom is 0.0234 e. The van der Waals surface area contributed by atoms with E-state index in [1.165, 1.54) is 51.1 Å². The molecule has 2 fully saturated rings. The van der Waals surface area contributed by atoms with Gasteiger partial charge in [-0.25, -0.2) is 0 Å². The topological polar surface area (TPSA) is 18.5 Å². The Labute approximate surface area is 123 Å². The first-order valence-corrected chi connectivity index (χ1v) is 8.02. The van der Waals surface area contributed by atoms with Crippen molar-refractivity contribution in [3.63, 3.8) is 0 Å². The van der Waals surface area contributed by atoms with Crippen LogP contribution in [0, 0.1) is 5.92 Å². The van der Waals surface area contributed by atoms with Crippen LogP contribution in [-0.2, 0) is 6.54 Å². The maximum absolute atomic E-state index is 3.34. The Morgan fingerprint density at radius 2 is 1.80 bits per heavy atom. The molecule has 0 bridgehead atoms. The predicted molar refractivity (Wildman–Crippen MR) is 83.7 cm³/mol. The second kappa shape index (κ2) is 6.70. The SMILES string of the molecule is CNCC1CCC1N1CCN(Cc2ccccc2)CC1. The van der Waals surface area contributed by atoms with Gasteiger partial charge in [-0.1, -0.05) is 30.3 Å². The van der Waals surface area contributed by atoms with Gasteiger partial charge < -0.3 is 5.32 Å². The number of hydrogen-bond acceptors (Lipinski definition) is 3. The molecule has 1 aliphatic heterocycles. The predicted octanol–water partition coefficient (Wildman–Crippen LogP) is 1.80. The molecule has 1 aromatic rings. The lowest BCUT2D eigenvalue weighted by atomic mass is 9.78. The van der Waals surface area contributed by atoms with Gasteiger partial charge in [0.15, 0.2) is 0 Å². The highest BCUT2D eigenvalue weighted by Crippen LogP contribution is 2.32. The second-order valence-corrected chi connectivity index (χ2v) is 6.26. The highest BCUT2D eigenvalue weighted by Gasteiger charge is 2.35. The highest BCUT2D eigenvalue weighted by atomic mass is 15.3. The van der Waals surface area contributed by atoms with Gasteiger partial charge in [-0.2, -0.15) is 0 Å². The summed E-state index contributed by atoms with van der Waals surface area (Å²) in [6.45, 7) is 7.24. The molecule has 1 aliphatic carbocycles. The molecule has 1 aromatic carbocycles. The van der Waals surface area contributed by atoms with Crippen LogP contribution in [0.1, 0.15) is 18.4 Å². The van der Waals surface area contributed by atoms with E-state index in [1.54, 1.807) is 0 Å². The van der Waals surface area contributed by atoms with Crippen LogP contribution in [0.2, 0.25) is 0 Å². The van der Waals surface area contributed by atoms with E-state index in [1.807, 2.05) is 0 Å². The minimum absolute atomic E-state index is 0.848. The van der Waals surface area contributed by atoms with Crippen LogP contribution in [0.3, 0.4) is 0 Å². The van der Waals surface area contributed by atoms with E-state index in [4.69, 9.17) is 0 Å². The fourth-order valence-electron chi connectivity index (χ4n) is 3.63. The molecule has 0 amide bonds. The van der Waals surface area contributed by atoms with E-state index < -0.39 is 0 Å². The Bertz CT molecular complexity index is 398. The minimum Gasteiger partial charge on any atom is -0.319 e. The summed E-state index contributed by atoms with van der Waals surface area (Å²) in [5.41, 5.74) is 1.44. The van der Waals surface area contributed by atoms with E-state index >= 15 is 0 Å². The summed E-state index contributed by atoms with van der Waals surface area (Å²) < 4.78 is 0. The van der Waals surface area contributed by atoms with Gasteiger partial charge in [-0.05, 0) is 37.9 Å².